The van der Waals surface area contributed by atoms with Crippen molar-refractivity contribution >= 4 is 34.7 Å². The Morgan fingerprint density at radius 2 is 1.82 bits per heavy atom. The smallest absolute Gasteiger partial charge is 0.221 e. The lowest BCUT2D eigenvalue weighted by Gasteiger charge is -2.32. The molecular weight excluding hydrogens is 426 g/mol. The average Bonchev–Trinajstić information content (AvgIpc) is 3.22. The van der Waals surface area contributed by atoms with Crippen molar-refractivity contribution in [2.75, 3.05) is 22.5 Å². The summed E-state index contributed by atoms with van der Waals surface area (Å²) in [6.07, 6.45) is 4.05. The zero-order valence-electron chi connectivity index (χ0n) is 19.4. The molecule has 0 saturated carbocycles. The maximum atomic E-state index is 11.7. The van der Waals surface area contributed by atoms with Gasteiger partial charge in [-0.25, -0.2) is 0 Å². The van der Waals surface area contributed by atoms with Gasteiger partial charge in [0.05, 0.1) is 10.7 Å². The van der Waals surface area contributed by atoms with E-state index in [4.69, 9.17) is 0 Å². The number of thioether (sulfide) groups is 1. The molecule has 4 nitrogen and oxygen atoms in total. The second-order valence-corrected chi connectivity index (χ2v) is 9.77. The number of hydrogen-bond acceptors (Lipinski definition) is 4. The summed E-state index contributed by atoms with van der Waals surface area (Å²) < 4.78 is 0. The predicted molar refractivity (Wildman–Crippen MR) is 141 cm³/mol. The van der Waals surface area contributed by atoms with E-state index in [1.54, 1.807) is 18.7 Å². The summed E-state index contributed by atoms with van der Waals surface area (Å²) in [4.78, 5) is 13.0. The average molecular weight is 458 g/mol. The topological polar surface area (TPSA) is 53.2 Å². The first kappa shape index (κ1) is 23.0. The number of anilines is 3. The number of fused-ring (bicyclic) bond motifs is 1. The minimum atomic E-state index is -0.183. The molecule has 0 radical (unpaired) electrons. The number of amides is 1. The molecule has 0 aliphatic carbocycles. The molecule has 33 heavy (non-hydrogen) atoms. The Morgan fingerprint density at radius 3 is 2.55 bits per heavy atom. The van der Waals surface area contributed by atoms with Crippen molar-refractivity contribution in [1.29, 1.82) is 0 Å². The van der Waals surface area contributed by atoms with Crippen LogP contribution in [0, 0.1) is 0 Å². The largest absolute Gasteiger partial charge is 0.385 e. The first-order valence-corrected chi connectivity index (χ1v) is 12.2. The predicted octanol–water partition coefficient (Wildman–Crippen LogP) is 7.03. The SMILES string of the molecule is CCNc1ccc(NC(C)=O)cc1C(C)(C/C=C1/Nc2ccccc2S1)Cc1ccccc1. The Kier molecular flexibility index (Phi) is 7.09. The zero-order valence-corrected chi connectivity index (χ0v) is 20.3. The quantitative estimate of drug-likeness (QED) is 0.340. The molecule has 1 unspecified atom stereocenters. The minimum Gasteiger partial charge on any atom is -0.385 e. The van der Waals surface area contributed by atoms with Gasteiger partial charge in [0.2, 0.25) is 5.91 Å². The molecule has 0 bridgehead atoms. The number of rotatable bonds is 8. The van der Waals surface area contributed by atoms with E-state index in [1.165, 1.54) is 26.7 Å². The van der Waals surface area contributed by atoms with Crippen LogP contribution in [0.1, 0.15) is 38.3 Å². The lowest BCUT2D eigenvalue weighted by Crippen LogP contribution is -2.26. The van der Waals surface area contributed by atoms with Crippen LogP contribution in [-0.4, -0.2) is 12.5 Å². The van der Waals surface area contributed by atoms with Crippen molar-refractivity contribution in [1.82, 2.24) is 0 Å². The number of nitrogens with one attached hydrogen (secondary N) is 3. The lowest BCUT2D eigenvalue weighted by atomic mass is 9.73. The third-order valence-electron chi connectivity index (χ3n) is 5.90. The summed E-state index contributed by atoms with van der Waals surface area (Å²) in [6.45, 7) is 6.81. The van der Waals surface area contributed by atoms with Crippen LogP contribution in [-0.2, 0) is 16.6 Å². The van der Waals surface area contributed by atoms with Crippen molar-refractivity contribution in [2.24, 2.45) is 0 Å². The number of allylic oxidation sites excluding steroid dienone is 1. The summed E-state index contributed by atoms with van der Waals surface area (Å²) in [7, 11) is 0. The van der Waals surface area contributed by atoms with E-state index in [2.05, 4.69) is 103 Å². The van der Waals surface area contributed by atoms with Gasteiger partial charge < -0.3 is 16.0 Å². The first-order valence-electron chi connectivity index (χ1n) is 11.4. The van der Waals surface area contributed by atoms with Crippen molar-refractivity contribution in [3.05, 3.63) is 95.0 Å². The first-order chi connectivity index (χ1) is 16.0. The maximum Gasteiger partial charge on any atom is 0.221 e. The highest BCUT2D eigenvalue weighted by molar-refractivity contribution is 8.03. The number of benzene rings is 3. The van der Waals surface area contributed by atoms with Gasteiger partial charge in [-0.15, -0.1) is 0 Å². The Hall–Kier alpha value is -3.18. The van der Waals surface area contributed by atoms with Crippen molar-refractivity contribution in [2.45, 2.75) is 43.9 Å². The third kappa shape index (κ3) is 5.60. The molecular formula is C28H31N3OS. The van der Waals surface area contributed by atoms with Crippen LogP contribution in [0.5, 0.6) is 0 Å². The molecule has 0 spiro atoms. The number of hydrogen-bond donors (Lipinski definition) is 3. The van der Waals surface area contributed by atoms with Crippen molar-refractivity contribution < 1.29 is 4.79 Å². The van der Waals surface area contributed by atoms with Gasteiger partial charge in [-0.3, -0.25) is 4.79 Å². The summed E-state index contributed by atoms with van der Waals surface area (Å²) in [5.74, 6) is -0.0617. The monoisotopic (exact) mass is 457 g/mol. The maximum absolute atomic E-state index is 11.7. The highest BCUT2D eigenvalue weighted by Gasteiger charge is 2.30. The molecule has 3 N–H and O–H groups in total. The van der Waals surface area contributed by atoms with E-state index in [1.807, 2.05) is 6.07 Å². The molecule has 1 amide bonds. The Bertz CT molecular complexity index is 1130. The summed E-state index contributed by atoms with van der Waals surface area (Å²) in [5, 5.41) is 11.2. The zero-order chi connectivity index (χ0) is 23.3. The fourth-order valence-electron chi connectivity index (χ4n) is 4.34. The fraction of sp³-hybridized carbons (Fsp3) is 0.250. The molecule has 0 fully saturated rings. The molecule has 0 aromatic heterocycles. The van der Waals surface area contributed by atoms with Gasteiger partial charge in [-0.1, -0.05) is 67.2 Å². The third-order valence-corrected chi connectivity index (χ3v) is 6.96. The van der Waals surface area contributed by atoms with E-state index < -0.39 is 0 Å². The van der Waals surface area contributed by atoms with Gasteiger partial charge in [0.1, 0.15) is 0 Å². The molecule has 4 rings (SSSR count). The summed E-state index contributed by atoms with van der Waals surface area (Å²) >= 11 is 1.78. The molecule has 170 valence electrons. The minimum absolute atomic E-state index is 0.0617. The van der Waals surface area contributed by atoms with E-state index in [9.17, 15) is 4.79 Å². The highest BCUT2D eigenvalue weighted by atomic mass is 32.2. The van der Waals surface area contributed by atoms with Crippen LogP contribution in [0.4, 0.5) is 17.1 Å². The molecule has 3 aromatic rings. The molecule has 0 saturated heterocycles. The molecule has 3 aromatic carbocycles. The van der Waals surface area contributed by atoms with Crippen molar-refractivity contribution in [3.8, 4) is 0 Å². The second-order valence-electron chi connectivity index (χ2n) is 8.69. The summed E-state index contributed by atoms with van der Waals surface area (Å²) in [5.41, 5.74) is 5.42. The van der Waals surface area contributed by atoms with E-state index in [-0.39, 0.29) is 11.3 Å². The van der Waals surface area contributed by atoms with Gasteiger partial charge in [0.25, 0.3) is 0 Å². The van der Waals surface area contributed by atoms with Crippen LogP contribution < -0.4 is 16.0 Å². The Labute approximate surface area is 200 Å². The van der Waals surface area contributed by atoms with Gasteiger partial charge in [0, 0.05) is 35.2 Å². The normalized spacial score (nSPS) is 15.4. The van der Waals surface area contributed by atoms with E-state index >= 15 is 0 Å². The van der Waals surface area contributed by atoms with Gasteiger partial charge in [-0.2, -0.15) is 0 Å². The Balaban J connectivity index is 1.71. The highest BCUT2D eigenvalue weighted by Crippen LogP contribution is 2.43. The number of para-hydroxylation sites is 1. The van der Waals surface area contributed by atoms with E-state index in [0.717, 1.165) is 30.8 Å². The van der Waals surface area contributed by atoms with Crippen LogP contribution in [0.3, 0.4) is 0 Å². The second kappa shape index (κ2) is 10.2. The van der Waals surface area contributed by atoms with Gasteiger partial charge in [-0.05, 0) is 61.2 Å². The number of carbonyl (C=O) groups is 1. The number of carbonyl (C=O) groups excluding carboxylic acids is 1. The van der Waals surface area contributed by atoms with Crippen LogP contribution in [0.25, 0.3) is 0 Å². The standard InChI is InChI=1S/C28H31N3OS/c1-4-29-24-15-14-22(30-20(2)32)18-23(24)28(3,19-21-10-6-5-7-11-21)17-16-27-31-25-12-8-9-13-26(25)33-27/h5-16,18,29,31H,4,17,19H2,1-3H3,(H,30,32)/b27-16-. The van der Waals surface area contributed by atoms with E-state index in [0.29, 0.717) is 0 Å². The summed E-state index contributed by atoms with van der Waals surface area (Å²) in [6, 6.07) is 25.2. The molecule has 5 heteroatoms. The van der Waals surface area contributed by atoms with Crippen LogP contribution in [0.2, 0.25) is 0 Å². The van der Waals surface area contributed by atoms with Crippen molar-refractivity contribution in [3.63, 3.8) is 0 Å². The Morgan fingerprint density at radius 1 is 1.06 bits per heavy atom. The van der Waals surface area contributed by atoms with Crippen LogP contribution in [0.15, 0.2) is 88.8 Å². The lowest BCUT2D eigenvalue weighted by molar-refractivity contribution is -0.114. The molecule has 1 aliphatic heterocycles. The molecule has 1 atom stereocenters. The van der Waals surface area contributed by atoms with Crippen LogP contribution >= 0.6 is 11.8 Å². The molecule has 1 heterocycles. The van der Waals surface area contributed by atoms with Gasteiger partial charge >= 0.3 is 0 Å². The fourth-order valence-corrected chi connectivity index (χ4v) is 5.28. The molecule has 1 aliphatic rings. The van der Waals surface area contributed by atoms with Gasteiger partial charge in [0.15, 0.2) is 0 Å².